The molecule has 2 rings (SSSR count). The molecule has 5 nitrogen and oxygen atoms in total. The molecule has 0 radical (unpaired) electrons. The highest BCUT2D eigenvalue weighted by atomic mass is 35.5. The van der Waals surface area contributed by atoms with Crippen molar-refractivity contribution in [2.24, 2.45) is 0 Å². The summed E-state index contributed by atoms with van der Waals surface area (Å²) in [5, 5.41) is 2.61. The van der Waals surface area contributed by atoms with Gasteiger partial charge in [-0.2, -0.15) is 0 Å². The average Bonchev–Trinajstić information content (AvgIpc) is 2.77. The summed E-state index contributed by atoms with van der Waals surface area (Å²) in [5.74, 6) is 0.308. The number of amides is 2. The molecule has 0 aromatic carbocycles. The first-order chi connectivity index (χ1) is 9.10. The van der Waals surface area contributed by atoms with Crippen molar-refractivity contribution in [2.45, 2.75) is 18.7 Å². The lowest BCUT2D eigenvalue weighted by Crippen LogP contribution is -2.38. The summed E-state index contributed by atoms with van der Waals surface area (Å²) < 4.78 is 0. The molecule has 0 N–H and O–H groups in total. The number of alkyl halides is 1. The number of hydrogen-bond acceptors (Lipinski definition) is 4. The van der Waals surface area contributed by atoms with Crippen molar-refractivity contribution < 1.29 is 9.59 Å². The van der Waals surface area contributed by atoms with Crippen molar-refractivity contribution in [1.82, 2.24) is 14.8 Å². The summed E-state index contributed by atoms with van der Waals surface area (Å²) in [7, 11) is 1.77. The maximum absolute atomic E-state index is 12.2. The van der Waals surface area contributed by atoms with Crippen molar-refractivity contribution >= 4 is 34.8 Å². The quantitative estimate of drug-likeness (QED) is 0.786. The number of aromatic nitrogens is 1. The van der Waals surface area contributed by atoms with E-state index < -0.39 is 0 Å². The molecule has 0 aliphatic carbocycles. The highest BCUT2D eigenvalue weighted by Gasteiger charge is 2.23. The zero-order valence-electron chi connectivity index (χ0n) is 10.8. The Bertz CT molecular complexity index is 477. The third-order valence-electron chi connectivity index (χ3n) is 3.06. The molecule has 0 unspecified atom stereocenters. The summed E-state index contributed by atoms with van der Waals surface area (Å²) in [6, 6.07) is 0. The van der Waals surface area contributed by atoms with Crippen LogP contribution >= 0.6 is 22.9 Å². The lowest BCUT2D eigenvalue weighted by atomic mass is 10.3. The summed E-state index contributed by atoms with van der Waals surface area (Å²) in [4.78, 5) is 31.4. The maximum Gasteiger partial charge on any atom is 0.241 e. The monoisotopic (exact) mass is 301 g/mol. The first kappa shape index (κ1) is 14.3. The van der Waals surface area contributed by atoms with Crippen LogP contribution in [0.15, 0.2) is 5.38 Å². The second-order valence-corrected chi connectivity index (χ2v) is 5.74. The minimum atomic E-state index is -0.0425. The number of halogens is 1. The van der Waals surface area contributed by atoms with Crippen molar-refractivity contribution in [2.75, 3.05) is 26.7 Å². The van der Waals surface area contributed by atoms with Crippen molar-refractivity contribution in [3.63, 3.8) is 0 Å². The molecule has 104 valence electrons. The van der Waals surface area contributed by atoms with Gasteiger partial charge in [-0.3, -0.25) is 9.59 Å². The second kappa shape index (κ2) is 6.34. The van der Waals surface area contributed by atoms with Gasteiger partial charge in [0.2, 0.25) is 11.8 Å². The molecule has 1 saturated heterocycles. The molecule has 0 saturated carbocycles. The Hall–Kier alpha value is -1.14. The second-order valence-electron chi connectivity index (χ2n) is 4.53. The van der Waals surface area contributed by atoms with E-state index in [1.165, 1.54) is 11.3 Å². The first-order valence-electron chi connectivity index (χ1n) is 6.11. The minimum Gasteiger partial charge on any atom is -0.344 e. The Morgan fingerprint density at radius 3 is 3.00 bits per heavy atom. The zero-order valence-corrected chi connectivity index (χ0v) is 12.3. The van der Waals surface area contributed by atoms with Crippen LogP contribution in [0.3, 0.4) is 0 Å². The van der Waals surface area contributed by atoms with E-state index in [2.05, 4.69) is 4.98 Å². The van der Waals surface area contributed by atoms with Crippen LogP contribution in [0, 0.1) is 0 Å². The minimum absolute atomic E-state index is 0.00793. The van der Waals surface area contributed by atoms with E-state index in [0.717, 1.165) is 17.1 Å². The Kier molecular flexibility index (Phi) is 4.76. The van der Waals surface area contributed by atoms with E-state index >= 15 is 0 Å². The molecule has 1 aliphatic rings. The zero-order chi connectivity index (χ0) is 13.8. The number of likely N-dealkylation sites (N-methyl/N-ethyl adjacent to an activating group) is 1. The molecular weight excluding hydrogens is 286 g/mol. The lowest BCUT2D eigenvalue weighted by Gasteiger charge is -2.19. The van der Waals surface area contributed by atoms with Gasteiger partial charge in [0, 0.05) is 25.5 Å². The van der Waals surface area contributed by atoms with Gasteiger partial charge >= 0.3 is 0 Å². The van der Waals surface area contributed by atoms with Gasteiger partial charge in [0.15, 0.2) is 0 Å². The number of thiazole rings is 1. The highest BCUT2D eigenvalue weighted by molar-refractivity contribution is 7.09. The fourth-order valence-corrected chi connectivity index (χ4v) is 2.95. The molecule has 1 fully saturated rings. The van der Waals surface area contributed by atoms with Crippen LogP contribution in [0.1, 0.15) is 17.1 Å². The predicted molar refractivity (Wildman–Crippen MR) is 74.2 cm³/mol. The van der Waals surface area contributed by atoms with Gasteiger partial charge in [-0.15, -0.1) is 22.9 Å². The third kappa shape index (κ3) is 3.67. The molecular formula is C12H16ClN3O2S. The number of carbonyl (C=O) groups is 2. The van der Waals surface area contributed by atoms with Gasteiger partial charge in [-0.25, -0.2) is 4.98 Å². The SMILES string of the molecule is CN1CCCN(C(=O)Cc2nc(CCl)cs2)CC1=O. The smallest absolute Gasteiger partial charge is 0.241 e. The van der Waals surface area contributed by atoms with Crippen molar-refractivity contribution in [3.8, 4) is 0 Å². The van der Waals surface area contributed by atoms with Crippen molar-refractivity contribution in [1.29, 1.82) is 0 Å². The van der Waals surface area contributed by atoms with Crippen LogP contribution in [0.25, 0.3) is 0 Å². The number of nitrogens with zero attached hydrogens (tertiary/aromatic N) is 3. The average molecular weight is 302 g/mol. The number of hydrogen-bond donors (Lipinski definition) is 0. The standard InChI is InChI=1S/C12H16ClN3O2S/c1-15-3-2-4-16(7-12(15)18)11(17)5-10-14-9(6-13)8-19-10/h8H,2-7H2,1H3. The Morgan fingerprint density at radius 1 is 1.53 bits per heavy atom. The maximum atomic E-state index is 12.2. The van der Waals surface area contributed by atoms with Crippen LogP contribution in [0.5, 0.6) is 0 Å². The molecule has 7 heteroatoms. The van der Waals surface area contributed by atoms with Gasteiger partial charge in [0.05, 0.1) is 24.5 Å². The molecule has 2 amide bonds. The normalized spacial score (nSPS) is 16.6. The Morgan fingerprint density at radius 2 is 2.32 bits per heavy atom. The lowest BCUT2D eigenvalue weighted by molar-refractivity contribution is -0.137. The summed E-state index contributed by atoms with van der Waals surface area (Å²) >= 11 is 7.12. The van der Waals surface area contributed by atoms with E-state index in [-0.39, 0.29) is 24.8 Å². The fourth-order valence-electron chi connectivity index (χ4n) is 1.93. The van der Waals surface area contributed by atoms with Gasteiger partial charge in [0.1, 0.15) is 5.01 Å². The molecule has 1 aromatic heterocycles. The van der Waals surface area contributed by atoms with Gasteiger partial charge < -0.3 is 9.80 Å². The highest BCUT2D eigenvalue weighted by Crippen LogP contribution is 2.14. The van der Waals surface area contributed by atoms with E-state index in [0.29, 0.717) is 19.0 Å². The summed E-state index contributed by atoms with van der Waals surface area (Å²) in [6.45, 7) is 1.50. The van der Waals surface area contributed by atoms with Crippen LogP contribution < -0.4 is 0 Å². The van der Waals surface area contributed by atoms with Gasteiger partial charge in [-0.1, -0.05) is 0 Å². The predicted octanol–water partition coefficient (Wildman–Crippen LogP) is 1.12. The Labute approximate surface area is 121 Å². The molecule has 0 bridgehead atoms. The van der Waals surface area contributed by atoms with Crippen molar-refractivity contribution in [3.05, 3.63) is 16.1 Å². The van der Waals surface area contributed by atoms with Gasteiger partial charge in [0.25, 0.3) is 0 Å². The summed E-state index contributed by atoms with van der Waals surface area (Å²) in [6.07, 6.45) is 1.07. The molecule has 19 heavy (non-hydrogen) atoms. The van der Waals surface area contributed by atoms with E-state index in [9.17, 15) is 9.59 Å². The van der Waals surface area contributed by atoms with Crippen LogP contribution in [0.4, 0.5) is 0 Å². The van der Waals surface area contributed by atoms with E-state index in [4.69, 9.17) is 11.6 Å². The van der Waals surface area contributed by atoms with Crippen LogP contribution in [-0.4, -0.2) is 53.3 Å². The largest absolute Gasteiger partial charge is 0.344 e. The van der Waals surface area contributed by atoms with E-state index in [1.54, 1.807) is 16.8 Å². The molecule has 0 spiro atoms. The molecule has 2 heterocycles. The van der Waals surface area contributed by atoms with E-state index in [1.807, 2.05) is 5.38 Å². The number of carbonyl (C=O) groups excluding carboxylic acids is 2. The third-order valence-corrected chi connectivity index (χ3v) is 4.24. The topological polar surface area (TPSA) is 53.5 Å². The van der Waals surface area contributed by atoms with Crippen LogP contribution in [0.2, 0.25) is 0 Å². The molecule has 1 aliphatic heterocycles. The van der Waals surface area contributed by atoms with Crippen LogP contribution in [-0.2, 0) is 21.9 Å². The first-order valence-corrected chi connectivity index (χ1v) is 7.52. The van der Waals surface area contributed by atoms with Gasteiger partial charge in [-0.05, 0) is 6.42 Å². The fraction of sp³-hybridized carbons (Fsp3) is 0.583. The molecule has 0 atom stereocenters. The Balaban J connectivity index is 1.97. The number of rotatable bonds is 3. The summed E-state index contributed by atoms with van der Waals surface area (Å²) in [5.41, 5.74) is 0.793. The molecule has 1 aromatic rings.